The molecule has 1 aliphatic carbocycles. The Morgan fingerprint density at radius 3 is 2.53 bits per heavy atom. The van der Waals surface area contributed by atoms with E-state index in [1.54, 1.807) is 0 Å². The average molecular weight is 290 g/mol. The van der Waals surface area contributed by atoms with E-state index in [4.69, 9.17) is 0 Å². The van der Waals surface area contributed by atoms with E-state index in [9.17, 15) is 8.42 Å². The van der Waals surface area contributed by atoms with Crippen LogP contribution in [0.1, 0.15) is 58.8 Å². The summed E-state index contributed by atoms with van der Waals surface area (Å²) in [6, 6.07) is 0.164. The molecule has 1 saturated carbocycles. The predicted octanol–water partition coefficient (Wildman–Crippen LogP) is 2.26. The van der Waals surface area contributed by atoms with Crippen molar-refractivity contribution >= 4 is 10.0 Å². The van der Waals surface area contributed by atoms with Crippen molar-refractivity contribution in [1.82, 2.24) is 10.0 Å². The minimum atomic E-state index is -3.08. The molecule has 2 unspecified atom stereocenters. The van der Waals surface area contributed by atoms with Crippen LogP contribution in [0.4, 0.5) is 0 Å². The first-order chi connectivity index (χ1) is 9.05. The van der Waals surface area contributed by atoms with Crippen LogP contribution in [0.3, 0.4) is 0 Å². The van der Waals surface area contributed by atoms with Crippen LogP contribution in [0.2, 0.25) is 0 Å². The molecule has 114 valence electrons. The van der Waals surface area contributed by atoms with Crippen LogP contribution in [0.25, 0.3) is 0 Å². The molecular weight excluding hydrogens is 260 g/mol. The third-order valence-corrected chi connectivity index (χ3v) is 5.37. The lowest BCUT2D eigenvalue weighted by molar-refractivity contribution is 0.310. The second-order valence-corrected chi connectivity index (χ2v) is 7.64. The van der Waals surface area contributed by atoms with E-state index in [1.807, 2.05) is 0 Å². The summed E-state index contributed by atoms with van der Waals surface area (Å²) in [7, 11) is -3.08. The fourth-order valence-electron chi connectivity index (χ4n) is 2.62. The van der Waals surface area contributed by atoms with Gasteiger partial charge in [-0.25, -0.2) is 13.1 Å². The van der Waals surface area contributed by atoms with Gasteiger partial charge in [-0.15, -0.1) is 0 Å². The Morgan fingerprint density at radius 2 is 1.84 bits per heavy atom. The van der Waals surface area contributed by atoms with Gasteiger partial charge < -0.3 is 5.32 Å². The zero-order chi connectivity index (χ0) is 14.1. The standard InChI is InChI=1S/C14H30N2O2S/c1-3-10-15-11-6-7-12-19(17,18)16-14-9-5-4-8-13(14)2/h13-16H,3-12H2,1-2H3. The predicted molar refractivity (Wildman–Crippen MR) is 80.7 cm³/mol. The third kappa shape index (κ3) is 7.28. The minimum absolute atomic E-state index is 0.164. The van der Waals surface area contributed by atoms with E-state index in [2.05, 4.69) is 23.9 Å². The first-order valence-corrected chi connectivity index (χ1v) is 9.41. The van der Waals surface area contributed by atoms with Crippen LogP contribution in [0.5, 0.6) is 0 Å². The molecule has 2 atom stereocenters. The van der Waals surface area contributed by atoms with Crippen molar-refractivity contribution in [2.24, 2.45) is 5.92 Å². The monoisotopic (exact) mass is 290 g/mol. The lowest BCUT2D eigenvalue weighted by Crippen LogP contribution is -2.42. The van der Waals surface area contributed by atoms with Gasteiger partial charge in [0.2, 0.25) is 10.0 Å². The van der Waals surface area contributed by atoms with Crippen LogP contribution in [-0.4, -0.2) is 33.3 Å². The molecule has 4 nitrogen and oxygen atoms in total. The molecule has 2 N–H and O–H groups in total. The lowest BCUT2D eigenvalue weighted by Gasteiger charge is -2.29. The van der Waals surface area contributed by atoms with Crippen LogP contribution >= 0.6 is 0 Å². The fourth-order valence-corrected chi connectivity index (χ4v) is 4.14. The lowest BCUT2D eigenvalue weighted by atomic mass is 9.87. The number of nitrogens with one attached hydrogen (secondary N) is 2. The van der Waals surface area contributed by atoms with Gasteiger partial charge in [-0.05, 0) is 51.1 Å². The Kier molecular flexibility index (Phi) is 7.95. The quantitative estimate of drug-likeness (QED) is 0.640. The molecule has 0 radical (unpaired) electrons. The molecular formula is C14H30N2O2S. The molecule has 1 rings (SSSR count). The van der Waals surface area contributed by atoms with E-state index >= 15 is 0 Å². The van der Waals surface area contributed by atoms with Crippen LogP contribution < -0.4 is 10.0 Å². The van der Waals surface area contributed by atoms with Gasteiger partial charge in [0.05, 0.1) is 5.75 Å². The molecule has 19 heavy (non-hydrogen) atoms. The summed E-state index contributed by atoms with van der Waals surface area (Å²) in [5, 5.41) is 3.29. The molecule has 0 aromatic heterocycles. The summed E-state index contributed by atoms with van der Waals surface area (Å²) in [5.41, 5.74) is 0. The summed E-state index contributed by atoms with van der Waals surface area (Å²) >= 11 is 0. The highest BCUT2D eigenvalue weighted by Crippen LogP contribution is 2.24. The maximum absolute atomic E-state index is 12.0. The highest BCUT2D eigenvalue weighted by molar-refractivity contribution is 7.89. The molecule has 5 heteroatoms. The van der Waals surface area contributed by atoms with Gasteiger partial charge in [0.25, 0.3) is 0 Å². The Labute approximate surface area is 118 Å². The maximum Gasteiger partial charge on any atom is 0.211 e. The van der Waals surface area contributed by atoms with Gasteiger partial charge in [0.1, 0.15) is 0 Å². The van der Waals surface area contributed by atoms with Gasteiger partial charge in [0, 0.05) is 6.04 Å². The number of hydrogen-bond donors (Lipinski definition) is 2. The number of sulfonamides is 1. The highest BCUT2D eigenvalue weighted by Gasteiger charge is 2.25. The average Bonchev–Trinajstić information content (AvgIpc) is 2.36. The zero-order valence-electron chi connectivity index (χ0n) is 12.5. The minimum Gasteiger partial charge on any atom is -0.317 e. The first kappa shape index (κ1) is 16.9. The van der Waals surface area contributed by atoms with Crippen LogP contribution in [-0.2, 0) is 10.0 Å². The van der Waals surface area contributed by atoms with Crippen molar-refractivity contribution < 1.29 is 8.42 Å². The Morgan fingerprint density at radius 1 is 1.11 bits per heavy atom. The second kappa shape index (κ2) is 8.93. The largest absolute Gasteiger partial charge is 0.317 e. The molecule has 0 saturated heterocycles. The van der Waals surface area contributed by atoms with Gasteiger partial charge in [-0.3, -0.25) is 0 Å². The summed E-state index contributed by atoms with van der Waals surface area (Å²) in [6.07, 6.45) is 7.33. The molecule has 0 amide bonds. The fraction of sp³-hybridized carbons (Fsp3) is 1.00. The molecule has 0 heterocycles. The summed E-state index contributed by atoms with van der Waals surface area (Å²) in [6.45, 7) is 6.22. The van der Waals surface area contributed by atoms with E-state index in [1.165, 1.54) is 6.42 Å². The van der Waals surface area contributed by atoms with E-state index in [0.29, 0.717) is 5.92 Å². The van der Waals surface area contributed by atoms with Crippen molar-refractivity contribution in [3.8, 4) is 0 Å². The normalized spacial score (nSPS) is 24.5. The van der Waals surface area contributed by atoms with Crippen LogP contribution in [0.15, 0.2) is 0 Å². The highest BCUT2D eigenvalue weighted by atomic mass is 32.2. The zero-order valence-corrected chi connectivity index (χ0v) is 13.3. The van der Waals surface area contributed by atoms with Crippen molar-refractivity contribution in [2.45, 2.75) is 64.8 Å². The van der Waals surface area contributed by atoms with Gasteiger partial charge in [0.15, 0.2) is 0 Å². The number of unbranched alkanes of at least 4 members (excludes halogenated alkanes) is 1. The van der Waals surface area contributed by atoms with Crippen molar-refractivity contribution in [3.63, 3.8) is 0 Å². The molecule has 0 aromatic rings. The van der Waals surface area contributed by atoms with Gasteiger partial charge in [-0.1, -0.05) is 26.7 Å². The molecule has 1 aliphatic rings. The third-order valence-electron chi connectivity index (χ3n) is 3.89. The number of rotatable bonds is 9. The van der Waals surface area contributed by atoms with Crippen molar-refractivity contribution in [1.29, 1.82) is 0 Å². The first-order valence-electron chi connectivity index (χ1n) is 7.76. The van der Waals surface area contributed by atoms with E-state index < -0.39 is 10.0 Å². The maximum atomic E-state index is 12.0. The molecule has 0 spiro atoms. The Hall–Kier alpha value is -0.130. The number of hydrogen-bond acceptors (Lipinski definition) is 3. The molecule has 1 fully saturated rings. The van der Waals surface area contributed by atoms with Crippen LogP contribution in [0, 0.1) is 5.92 Å². The molecule has 0 aliphatic heterocycles. The summed E-state index contributed by atoms with van der Waals surface area (Å²) < 4.78 is 26.9. The summed E-state index contributed by atoms with van der Waals surface area (Å²) in [5.74, 6) is 0.749. The SMILES string of the molecule is CCCNCCCCS(=O)(=O)NC1CCCCC1C. The summed E-state index contributed by atoms with van der Waals surface area (Å²) in [4.78, 5) is 0. The van der Waals surface area contributed by atoms with Crippen molar-refractivity contribution in [2.75, 3.05) is 18.8 Å². The second-order valence-electron chi connectivity index (χ2n) is 5.76. The molecule has 0 bridgehead atoms. The Balaban J connectivity index is 2.20. The van der Waals surface area contributed by atoms with Gasteiger partial charge >= 0.3 is 0 Å². The Bertz CT molecular complexity index is 330. The topological polar surface area (TPSA) is 58.2 Å². The molecule has 0 aromatic carbocycles. The van der Waals surface area contributed by atoms with E-state index in [0.717, 1.165) is 51.6 Å². The van der Waals surface area contributed by atoms with E-state index in [-0.39, 0.29) is 11.8 Å². The van der Waals surface area contributed by atoms with Crippen molar-refractivity contribution in [3.05, 3.63) is 0 Å². The smallest absolute Gasteiger partial charge is 0.211 e. The van der Waals surface area contributed by atoms with Gasteiger partial charge in [-0.2, -0.15) is 0 Å².